The van der Waals surface area contributed by atoms with E-state index < -0.39 is 5.41 Å². The van der Waals surface area contributed by atoms with Crippen LogP contribution >= 0.6 is 11.3 Å². The molecule has 0 N–H and O–H groups in total. The fourth-order valence-corrected chi connectivity index (χ4v) is 11.5. The molecular formula is C56H33N3S. The molecule has 0 aliphatic heterocycles. The van der Waals surface area contributed by atoms with Gasteiger partial charge < -0.3 is 0 Å². The summed E-state index contributed by atoms with van der Waals surface area (Å²) in [6, 6.07) is 72.5. The van der Waals surface area contributed by atoms with E-state index in [1.807, 2.05) is 0 Å². The Morgan fingerprint density at radius 3 is 1.53 bits per heavy atom. The van der Waals surface area contributed by atoms with Crippen molar-refractivity contribution in [3.8, 4) is 67.5 Å². The lowest BCUT2D eigenvalue weighted by Crippen LogP contribution is -2.25. The molecule has 0 radical (unpaired) electrons. The van der Waals surface area contributed by atoms with E-state index in [2.05, 4.69) is 200 Å². The molecule has 2 aromatic heterocycles. The number of hydrogen-bond donors (Lipinski definition) is 0. The Labute approximate surface area is 351 Å². The molecule has 4 heteroatoms. The molecule has 0 fully saturated rings. The van der Waals surface area contributed by atoms with E-state index in [0.29, 0.717) is 17.5 Å². The fraction of sp³-hybridized carbons (Fsp3) is 0.0179. The molecule has 11 aromatic rings. The number of rotatable bonds is 4. The molecule has 2 heterocycles. The van der Waals surface area contributed by atoms with Gasteiger partial charge in [0.25, 0.3) is 0 Å². The largest absolute Gasteiger partial charge is 0.208 e. The number of aromatic nitrogens is 3. The third kappa shape index (κ3) is 4.62. The molecule has 2 aliphatic rings. The summed E-state index contributed by atoms with van der Waals surface area (Å²) in [5, 5.41) is 4.85. The maximum absolute atomic E-state index is 5.45. The molecule has 3 nitrogen and oxygen atoms in total. The smallest absolute Gasteiger partial charge is 0.165 e. The highest BCUT2D eigenvalue weighted by Crippen LogP contribution is 2.63. The van der Waals surface area contributed by atoms with Gasteiger partial charge >= 0.3 is 0 Å². The third-order valence-electron chi connectivity index (χ3n) is 12.8. The van der Waals surface area contributed by atoms with Gasteiger partial charge in [0.1, 0.15) is 0 Å². The van der Waals surface area contributed by atoms with Gasteiger partial charge in [-0.1, -0.05) is 182 Å². The van der Waals surface area contributed by atoms with Gasteiger partial charge in [0, 0.05) is 36.9 Å². The Morgan fingerprint density at radius 2 is 0.800 bits per heavy atom. The topological polar surface area (TPSA) is 38.7 Å². The second-order valence-corrected chi connectivity index (χ2v) is 16.9. The van der Waals surface area contributed by atoms with Crippen LogP contribution in [0.4, 0.5) is 0 Å². The van der Waals surface area contributed by atoms with E-state index in [-0.39, 0.29) is 0 Å². The van der Waals surface area contributed by atoms with Crippen LogP contribution in [0.5, 0.6) is 0 Å². The zero-order valence-electron chi connectivity index (χ0n) is 32.3. The second kappa shape index (κ2) is 12.7. The van der Waals surface area contributed by atoms with Crippen molar-refractivity contribution in [1.82, 2.24) is 15.0 Å². The van der Waals surface area contributed by atoms with Crippen LogP contribution in [-0.4, -0.2) is 15.0 Å². The lowest BCUT2D eigenvalue weighted by atomic mass is 9.70. The van der Waals surface area contributed by atoms with Crippen molar-refractivity contribution >= 4 is 42.3 Å². The van der Waals surface area contributed by atoms with Gasteiger partial charge in [-0.15, -0.1) is 11.3 Å². The van der Waals surface area contributed by atoms with Crippen LogP contribution in [0.15, 0.2) is 200 Å². The lowest BCUT2D eigenvalue weighted by Gasteiger charge is -2.30. The Kier molecular flexibility index (Phi) is 7.10. The van der Waals surface area contributed by atoms with Crippen LogP contribution in [0.3, 0.4) is 0 Å². The highest BCUT2D eigenvalue weighted by atomic mass is 32.1. The first-order chi connectivity index (χ1) is 29.8. The predicted octanol–water partition coefficient (Wildman–Crippen LogP) is 14.4. The highest BCUT2D eigenvalue weighted by molar-refractivity contribution is 7.26. The van der Waals surface area contributed by atoms with E-state index >= 15 is 0 Å². The van der Waals surface area contributed by atoms with Gasteiger partial charge in [-0.3, -0.25) is 0 Å². The quantitative estimate of drug-likeness (QED) is 0.179. The second-order valence-electron chi connectivity index (χ2n) is 15.8. The molecule has 13 rings (SSSR count). The number of thiophene rings is 1. The van der Waals surface area contributed by atoms with Gasteiger partial charge in [-0.25, -0.2) is 15.0 Å². The summed E-state index contributed by atoms with van der Waals surface area (Å²) < 4.78 is 2.42. The molecule has 278 valence electrons. The van der Waals surface area contributed by atoms with E-state index in [0.717, 1.165) is 27.8 Å². The predicted molar refractivity (Wildman–Crippen MR) is 248 cm³/mol. The third-order valence-corrected chi connectivity index (χ3v) is 14.0. The zero-order chi connectivity index (χ0) is 39.4. The van der Waals surface area contributed by atoms with Crippen LogP contribution in [0.25, 0.3) is 98.5 Å². The summed E-state index contributed by atoms with van der Waals surface area (Å²) in [5.74, 6) is 1.95. The molecule has 0 saturated heterocycles. The first kappa shape index (κ1) is 33.4. The molecule has 9 aromatic carbocycles. The fourth-order valence-electron chi connectivity index (χ4n) is 10.3. The van der Waals surface area contributed by atoms with E-state index in [9.17, 15) is 0 Å². The van der Waals surface area contributed by atoms with Crippen LogP contribution in [0, 0.1) is 0 Å². The number of hydrogen-bond acceptors (Lipinski definition) is 4. The summed E-state index contributed by atoms with van der Waals surface area (Å²) in [5.41, 5.74) is 15.0. The Hall–Kier alpha value is -7.53. The maximum atomic E-state index is 5.45. The van der Waals surface area contributed by atoms with Gasteiger partial charge in [0.2, 0.25) is 0 Å². The van der Waals surface area contributed by atoms with Crippen molar-refractivity contribution in [3.05, 3.63) is 222 Å². The summed E-state index contributed by atoms with van der Waals surface area (Å²) in [7, 11) is 0. The molecule has 1 spiro atoms. The molecule has 0 atom stereocenters. The molecule has 0 unspecified atom stereocenters. The average molecular weight is 780 g/mol. The minimum atomic E-state index is -0.475. The Balaban J connectivity index is 1.08. The van der Waals surface area contributed by atoms with Crippen molar-refractivity contribution in [2.45, 2.75) is 5.41 Å². The van der Waals surface area contributed by atoms with Crippen LogP contribution in [0.2, 0.25) is 0 Å². The average Bonchev–Trinajstić information content (AvgIpc) is 3.95. The lowest BCUT2D eigenvalue weighted by molar-refractivity contribution is 0.794. The Bertz CT molecular complexity index is 3510. The maximum Gasteiger partial charge on any atom is 0.165 e. The first-order valence-corrected chi connectivity index (χ1v) is 21.3. The van der Waals surface area contributed by atoms with Crippen molar-refractivity contribution in [2.75, 3.05) is 0 Å². The van der Waals surface area contributed by atoms with E-state index in [1.165, 1.54) is 75.5 Å². The SMILES string of the molecule is c1ccc(-c2cccc3ccccc23)c(-c2nc(-c3ccc4c(c3)C3(c5ccccc5-c5ccccc53)c3ccccc3-4)nc(-c3cccc4c3sc3ccccc34)n2)c1. The van der Waals surface area contributed by atoms with Gasteiger partial charge in [0.05, 0.1) is 5.41 Å². The zero-order valence-corrected chi connectivity index (χ0v) is 33.1. The monoisotopic (exact) mass is 779 g/mol. The number of benzene rings is 9. The van der Waals surface area contributed by atoms with Crippen molar-refractivity contribution in [3.63, 3.8) is 0 Å². The van der Waals surface area contributed by atoms with E-state index in [4.69, 9.17) is 15.0 Å². The summed E-state index contributed by atoms with van der Waals surface area (Å²) in [4.78, 5) is 16.3. The molecular weight excluding hydrogens is 747 g/mol. The van der Waals surface area contributed by atoms with Gasteiger partial charge in [0.15, 0.2) is 17.5 Å². The molecule has 0 amide bonds. The Morgan fingerprint density at radius 1 is 0.317 bits per heavy atom. The summed E-state index contributed by atoms with van der Waals surface area (Å²) in [6.07, 6.45) is 0. The number of fused-ring (bicyclic) bond motifs is 14. The minimum absolute atomic E-state index is 0.475. The van der Waals surface area contributed by atoms with Crippen LogP contribution in [-0.2, 0) is 5.41 Å². The van der Waals surface area contributed by atoms with Gasteiger partial charge in [-0.05, 0) is 84.6 Å². The number of nitrogens with zero attached hydrogens (tertiary/aromatic N) is 3. The van der Waals surface area contributed by atoms with Crippen LogP contribution in [0.1, 0.15) is 22.3 Å². The van der Waals surface area contributed by atoms with Gasteiger partial charge in [-0.2, -0.15) is 0 Å². The molecule has 0 bridgehead atoms. The highest BCUT2D eigenvalue weighted by Gasteiger charge is 2.51. The molecule has 2 aliphatic carbocycles. The molecule has 60 heavy (non-hydrogen) atoms. The van der Waals surface area contributed by atoms with Crippen molar-refractivity contribution < 1.29 is 0 Å². The summed E-state index contributed by atoms with van der Waals surface area (Å²) in [6.45, 7) is 0. The first-order valence-electron chi connectivity index (χ1n) is 20.4. The van der Waals surface area contributed by atoms with Crippen LogP contribution < -0.4 is 0 Å². The normalized spacial score (nSPS) is 13.1. The minimum Gasteiger partial charge on any atom is -0.208 e. The van der Waals surface area contributed by atoms with Crippen molar-refractivity contribution in [2.24, 2.45) is 0 Å². The summed E-state index contributed by atoms with van der Waals surface area (Å²) >= 11 is 1.80. The van der Waals surface area contributed by atoms with E-state index in [1.54, 1.807) is 11.3 Å². The van der Waals surface area contributed by atoms with Crippen molar-refractivity contribution in [1.29, 1.82) is 0 Å². The standard InChI is InChI=1S/C56H33N3S/c1-2-17-36-34(15-1)16-13-24-37(36)38-18-3-4-23-45(38)54-57-53(58-55(59-54)46-26-14-25-44-43-22-8-12-30-51(43)60-52(44)46)35-31-32-42-41-21-7-11-29-49(41)56(50(42)33-35)47-27-9-5-19-39(47)40-20-6-10-28-48(40)56/h1-33H. The molecule has 0 saturated carbocycles.